The molecule has 110 valence electrons. The highest BCUT2D eigenvalue weighted by Gasteiger charge is 2.29. The molecule has 20 heavy (non-hydrogen) atoms. The van der Waals surface area contributed by atoms with E-state index in [9.17, 15) is 9.18 Å². The monoisotopic (exact) mass is 278 g/mol. The van der Waals surface area contributed by atoms with Crippen LogP contribution in [-0.4, -0.2) is 11.9 Å². The van der Waals surface area contributed by atoms with Gasteiger partial charge in [0.1, 0.15) is 5.82 Å². The van der Waals surface area contributed by atoms with Crippen LogP contribution in [-0.2, 0) is 0 Å². The summed E-state index contributed by atoms with van der Waals surface area (Å²) in [5.41, 5.74) is 6.28. The Morgan fingerprint density at radius 3 is 2.70 bits per heavy atom. The molecular weight excluding hydrogens is 255 g/mol. The normalized spacial score (nSPS) is 22.8. The van der Waals surface area contributed by atoms with Crippen LogP contribution in [0.1, 0.15) is 49.9 Å². The SMILES string of the molecule is CC(C)C1CCCCC1NC(=O)c1ccc(F)cc1N. The average Bonchev–Trinajstić information content (AvgIpc) is 2.38. The number of carbonyl (C=O) groups excluding carboxylic acids is 1. The Kier molecular flexibility index (Phi) is 4.63. The summed E-state index contributed by atoms with van der Waals surface area (Å²) in [6.45, 7) is 4.39. The molecule has 3 nitrogen and oxygen atoms in total. The third kappa shape index (κ3) is 3.30. The lowest BCUT2D eigenvalue weighted by atomic mass is 9.78. The lowest BCUT2D eigenvalue weighted by molar-refractivity contribution is 0.0890. The minimum absolute atomic E-state index is 0.194. The molecule has 1 aliphatic carbocycles. The second-order valence-corrected chi connectivity index (χ2v) is 6.00. The second kappa shape index (κ2) is 6.25. The van der Waals surface area contributed by atoms with Gasteiger partial charge in [0.15, 0.2) is 0 Å². The van der Waals surface area contributed by atoms with Crippen molar-refractivity contribution in [2.75, 3.05) is 5.73 Å². The summed E-state index contributed by atoms with van der Waals surface area (Å²) in [7, 11) is 0. The quantitative estimate of drug-likeness (QED) is 0.833. The van der Waals surface area contributed by atoms with E-state index in [0.717, 1.165) is 19.3 Å². The van der Waals surface area contributed by atoms with Gasteiger partial charge in [0.05, 0.1) is 5.56 Å². The van der Waals surface area contributed by atoms with Crippen LogP contribution in [0.25, 0.3) is 0 Å². The zero-order valence-electron chi connectivity index (χ0n) is 12.2. The lowest BCUT2D eigenvalue weighted by Crippen LogP contribution is -2.44. The maximum absolute atomic E-state index is 13.0. The van der Waals surface area contributed by atoms with E-state index in [0.29, 0.717) is 17.4 Å². The molecule has 1 amide bonds. The van der Waals surface area contributed by atoms with Gasteiger partial charge in [-0.2, -0.15) is 0 Å². The number of nitrogens with two attached hydrogens (primary N) is 1. The van der Waals surface area contributed by atoms with E-state index in [-0.39, 0.29) is 17.6 Å². The van der Waals surface area contributed by atoms with E-state index in [1.165, 1.54) is 24.6 Å². The van der Waals surface area contributed by atoms with Gasteiger partial charge in [-0.15, -0.1) is 0 Å². The highest BCUT2D eigenvalue weighted by Crippen LogP contribution is 2.30. The molecule has 4 heteroatoms. The van der Waals surface area contributed by atoms with Gasteiger partial charge in [-0.25, -0.2) is 4.39 Å². The first-order valence-corrected chi connectivity index (χ1v) is 7.35. The van der Waals surface area contributed by atoms with Crippen LogP contribution < -0.4 is 11.1 Å². The Labute approximate surface area is 119 Å². The number of nitrogen functional groups attached to an aromatic ring is 1. The molecule has 0 spiro atoms. The fourth-order valence-corrected chi connectivity index (χ4v) is 3.12. The van der Waals surface area contributed by atoms with Crippen LogP contribution >= 0.6 is 0 Å². The topological polar surface area (TPSA) is 55.1 Å². The van der Waals surface area contributed by atoms with Crippen LogP contribution in [0.15, 0.2) is 18.2 Å². The highest BCUT2D eigenvalue weighted by molar-refractivity contribution is 5.99. The van der Waals surface area contributed by atoms with E-state index >= 15 is 0 Å². The molecule has 2 rings (SSSR count). The van der Waals surface area contributed by atoms with Crippen LogP contribution in [0.4, 0.5) is 10.1 Å². The minimum Gasteiger partial charge on any atom is -0.398 e. The number of anilines is 1. The molecule has 2 atom stereocenters. The Hall–Kier alpha value is -1.58. The van der Waals surface area contributed by atoms with Crippen molar-refractivity contribution in [3.63, 3.8) is 0 Å². The molecule has 1 fully saturated rings. The Balaban J connectivity index is 2.09. The van der Waals surface area contributed by atoms with E-state index in [1.807, 2.05) is 0 Å². The largest absolute Gasteiger partial charge is 0.398 e. The molecule has 1 aliphatic rings. The smallest absolute Gasteiger partial charge is 0.253 e. The summed E-state index contributed by atoms with van der Waals surface area (Å²) in [5, 5.41) is 3.09. The molecule has 0 heterocycles. The molecule has 1 aromatic carbocycles. The number of benzene rings is 1. The predicted octanol–water partition coefficient (Wildman–Crippen LogP) is 3.35. The fraction of sp³-hybridized carbons (Fsp3) is 0.562. The maximum atomic E-state index is 13.0. The number of hydrogen-bond donors (Lipinski definition) is 2. The van der Waals surface area contributed by atoms with E-state index in [2.05, 4.69) is 19.2 Å². The van der Waals surface area contributed by atoms with Crippen LogP contribution in [0.5, 0.6) is 0 Å². The van der Waals surface area contributed by atoms with Gasteiger partial charge in [0.2, 0.25) is 0 Å². The van der Waals surface area contributed by atoms with E-state index < -0.39 is 5.82 Å². The van der Waals surface area contributed by atoms with Gasteiger partial charge in [0.25, 0.3) is 5.91 Å². The third-order valence-corrected chi connectivity index (χ3v) is 4.25. The van der Waals surface area contributed by atoms with Gasteiger partial charge in [-0.1, -0.05) is 26.7 Å². The van der Waals surface area contributed by atoms with Crippen molar-refractivity contribution in [2.24, 2.45) is 11.8 Å². The van der Waals surface area contributed by atoms with Crippen molar-refractivity contribution in [3.05, 3.63) is 29.6 Å². The maximum Gasteiger partial charge on any atom is 0.253 e. The molecule has 1 saturated carbocycles. The van der Waals surface area contributed by atoms with Crippen LogP contribution in [0.2, 0.25) is 0 Å². The fourth-order valence-electron chi connectivity index (χ4n) is 3.12. The number of amides is 1. The molecule has 0 aromatic heterocycles. The first-order chi connectivity index (χ1) is 9.49. The zero-order valence-corrected chi connectivity index (χ0v) is 12.2. The Morgan fingerprint density at radius 2 is 2.05 bits per heavy atom. The molecule has 1 aromatic rings. The van der Waals surface area contributed by atoms with Crippen molar-refractivity contribution in [1.29, 1.82) is 0 Å². The summed E-state index contributed by atoms with van der Waals surface area (Å²) >= 11 is 0. The van der Waals surface area contributed by atoms with Gasteiger partial charge < -0.3 is 11.1 Å². The molecular formula is C16H23FN2O. The van der Waals surface area contributed by atoms with Gasteiger partial charge in [-0.05, 0) is 42.9 Å². The first-order valence-electron chi connectivity index (χ1n) is 7.35. The van der Waals surface area contributed by atoms with E-state index in [1.54, 1.807) is 0 Å². The van der Waals surface area contributed by atoms with Crippen LogP contribution in [0.3, 0.4) is 0 Å². The molecule has 0 bridgehead atoms. The van der Waals surface area contributed by atoms with Crippen molar-refractivity contribution < 1.29 is 9.18 Å². The zero-order chi connectivity index (χ0) is 14.7. The first kappa shape index (κ1) is 14.8. The standard InChI is InChI=1S/C16H23FN2O/c1-10(2)12-5-3-4-6-15(12)19-16(20)13-8-7-11(17)9-14(13)18/h7-10,12,15H,3-6,18H2,1-2H3,(H,19,20). The van der Waals surface area contributed by atoms with Crippen molar-refractivity contribution >= 4 is 11.6 Å². The van der Waals surface area contributed by atoms with Crippen LogP contribution in [0, 0.1) is 17.7 Å². The average molecular weight is 278 g/mol. The summed E-state index contributed by atoms with van der Waals surface area (Å²) in [5.74, 6) is 0.442. The van der Waals surface area contributed by atoms with Crippen molar-refractivity contribution in [1.82, 2.24) is 5.32 Å². The molecule has 0 radical (unpaired) electrons. The third-order valence-electron chi connectivity index (χ3n) is 4.25. The highest BCUT2D eigenvalue weighted by atomic mass is 19.1. The Bertz CT molecular complexity index is 487. The minimum atomic E-state index is -0.420. The summed E-state index contributed by atoms with van der Waals surface area (Å²) in [6.07, 6.45) is 4.54. The van der Waals surface area contributed by atoms with Gasteiger partial charge in [-0.3, -0.25) is 4.79 Å². The number of halogens is 1. The van der Waals surface area contributed by atoms with E-state index in [4.69, 9.17) is 5.73 Å². The number of carbonyl (C=O) groups is 1. The number of nitrogens with one attached hydrogen (secondary N) is 1. The lowest BCUT2D eigenvalue weighted by Gasteiger charge is -2.35. The van der Waals surface area contributed by atoms with Gasteiger partial charge >= 0.3 is 0 Å². The summed E-state index contributed by atoms with van der Waals surface area (Å²) < 4.78 is 13.0. The van der Waals surface area contributed by atoms with Crippen molar-refractivity contribution in [3.8, 4) is 0 Å². The summed E-state index contributed by atoms with van der Waals surface area (Å²) in [4.78, 5) is 12.3. The molecule has 2 unspecified atom stereocenters. The molecule has 0 aliphatic heterocycles. The molecule has 0 saturated heterocycles. The summed E-state index contributed by atoms with van der Waals surface area (Å²) in [6, 6.07) is 4.11. The predicted molar refractivity (Wildman–Crippen MR) is 78.9 cm³/mol. The van der Waals surface area contributed by atoms with Gasteiger partial charge in [0, 0.05) is 11.7 Å². The van der Waals surface area contributed by atoms with Crippen molar-refractivity contribution in [2.45, 2.75) is 45.6 Å². The number of hydrogen-bond acceptors (Lipinski definition) is 2. The Morgan fingerprint density at radius 1 is 1.35 bits per heavy atom. The second-order valence-electron chi connectivity index (χ2n) is 6.00. The number of rotatable bonds is 3. The molecule has 3 N–H and O–H groups in total.